The smallest absolute Gasteiger partial charge is 0.0610 e. The number of nitrogens with one attached hydrogen (secondary N) is 1. The van der Waals surface area contributed by atoms with Crippen molar-refractivity contribution in [3.05, 3.63) is 7.05 Å². The van der Waals surface area contributed by atoms with Crippen molar-refractivity contribution in [1.82, 2.24) is 0 Å². The number of rotatable bonds is 0. The Morgan fingerprint density at radius 3 is 2.91 bits per heavy atom. The molecule has 2 aliphatic heterocycles. The van der Waals surface area contributed by atoms with Crippen molar-refractivity contribution in [2.75, 3.05) is 26.3 Å². The highest BCUT2D eigenvalue weighted by Gasteiger charge is 2.38. The SMILES string of the molecule is [CH2-][NH+]1CCCC2(CCOC2)C1. The molecule has 2 rings (SSSR count). The van der Waals surface area contributed by atoms with Crippen molar-refractivity contribution >= 4 is 0 Å². The summed E-state index contributed by atoms with van der Waals surface area (Å²) >= 11 is 0. The van der Waals surface area contributed by atoms with Gasteiger partial charge >= 0.3 is 0 Å². The number of hydrogen-bond acceptors (Lipinski definition) is 1. The third-order valence-corrected chi connectivity index (χ3v) is 3.05. The first-order valence-electron chi connectivity index (χ1n) is 4.55. The van der Waals surface area contributed by atoms with Crippen LogP contribution in [0.3, 0.4) is 0 Å². The van der Waals surface area contributed by atoms with Crippen molar-refractivity contribution in [1.29, 1.82) is 0 Å². The van der Waals surface area contributed by atoms with Gasteiger partial charge < -0.3 is 9.64 Å². The molecule has 64 valence electrons. The predicted molar refractivity (Wildman–Crippen MR) is 43.2 cm³/mol. The van der Waals surface area contributed by atoms with Crippen LogP contribution in [0.4, 0.5) is 0 Å². The molecule has 2 unspecified atom stereocenters. The first kappa shape index (κ1) is 7.56. The Bertz CT molecular complexity index is 140. The summed E-state index contributed by atoms with van der Waals surface area (Å²) in [5.74, 6) is 0. The molecule has 2 heterocycles. The molecular formula is C9H17NO. The minimum Gasteiger partial charge on any atom is -0.467 e. The monoisotopic (exact) mass is 155 g/mol. The van der Waals surface area contributed by atoms with Gasteiger partial charge in [0.05, 0.1) is 19.7 Å². The molecule has 2 saturated heterocycles. The van der Waals surface area contributed by atoms with Crippen LogP contribution in [-0.2, 0) is 4.74 Å². The third-order valence-electron chi connectivity index (χ3n) is 3.05. The van der Waals surface area contributed by atoms with Crippen molar-refractivity contribution < 1.29 is 9.64 Å². The van der Waals surface area contributed by atoms with Crippen LogP contribution in [0.15, 0.2) is 0 Å². The molecule has 11 heavy (non-hydrogen) atoms. The summed E-state index contributed by atoms with van der Waals surface area (Å²) in [5, 5.41) is 0. The molecule has 2 fully saturated rings. The van der Waals surface area contributed by atoms with Crippen molar-refractivity contribution in [3.63, 3.8) is 0 Å². The van der Waals surface area contributed by atoms with Gasteiger partial charge in [-0.15, -0.1) is 0 Å². The fraction of sp³-hybridized carbons (Fsp3) is 0.889. The second-order valence-electron chi connectivity index (χ2n) is 4.08. The van der Waals surface area contributed by atoms with Crippen LogP contribution in [0.25, 0.3) is 0 Å². The van der Waals surface area contributed by atoms with Gasteiger partial charge in [0.1, 0.15) is 0 Å². The number of piperidine rings is 1. The second kappa shape index (κ2) is 2.76. The number of likely N-dealkylation sites (tertiary alicyclic amines) is 1. The minimum absolute atomic E-state index is 0.523. The molecule has 0 aliphatic carbocycles. The fourth-order valence-corrected chi connectivity index (χ4v) is 2.41. The molecule has 2 nitrogen and oxygen atoms in total. The lowest BCUT2D eigenvalue weighted by atomic mass is 9.80. The van der Waals surface area contributed by atoms with E-state index in [1.807, 2.05) is 0 Å². The van der Waals surface area contributed by atoms with Crippen LogP contribution in [0.5, 0.6) is 0 Å². The molecule has 2 atom stereocenters. The van der Waals surface area contributed by atoms with Crippen molar-refractivity contribution in [3.8, 4) is 0 Å². The van der Waals surface area contributed by atoms with Crippen LogP contribution >= 0.6 is 0 Å². The van der Waals surface area contributed by atoms with E-state index >= 15 is 0 Å². The summed E-state index contributed by atoms with van der Waals surface area (Å²) in [5.41, 5.74) is 0.523. The highest BCUT2D eigenvalue weighted by molar-refractivity contribution is 4.84. The highest BCUT2D eigenvalue weighted by Crippen LogP contribution is 2.33. The lowest BCUT2D eigenvalue weighted by molar-refractivity contribution is -0.867. The van der Waals surface area contributed by atoms with Gasteiger partial charge in [0.15, 0.2) is 0 Å². The summed E-state index contributed by atoms with van der Waals surface area (Å²) in [7, 11) is 4.08. The molecule has 0 amide bonds. The Kier molecular flexibility index (Phi) is 1.90. The van der Waals surface area contributed by atoms with E-state index in [2.05, 4.69) is 7.05 Å². The van der Waals surface area contributed by atoms with Crippen molar-refractivity contribution in [2.24, 2.45) is 5.41 Å². The lowest BCUT2D eigenvalue weighted by Gasteiger charge is -2.38. The van der Waals surface area contributed by atoms with E-state index in [9.17, 15) is 0 Å². The first-order chi connectivity index (χ1) is 5.31. The predicted octanol–water partition coefficient (Wildman–Crippen LogP) is -0.137. The average molecular weight is 155 g/mol. The summed E-state index contributed by atoms with van der Waals surface area (Å²) in [6.07, 6.45) is 3.97. The summed E-state index contributed by atoms with van der Waals surface area (Å²) in [4.78, 5) is 1.45. The molecule has 0 saturated carbocycles. The average Bonchev–Trinajstić information content (AvgIpc) is 2.37. The molecular weight excluding hydrogens is 138 g/mol. The van der Waals surface area contributed by atoms with E-state index in [1.165, 1.54) is 37.3 Å². The second-order valence-corrected chi connectivity index (χ2v) is 4.08. The van der Waals surface area contributed by atoms with Gasteiger partial charge in [-0.25, -0.2) is 0 Å². The van der Waals surface area contributed by atoms with Gasteiger partial charge in [-0.3, -0.25) is 0 Å². The van der Waals surface area contributed by atoms with E-state index < -0.39 is 0 Å². The zero-order valence-electron chi connectivity index (χ0n) is 7.07. The first-order valence-corrected chi connectivity index (χ1v) is 4.55. The van der Waals surface area contributed by atoms with Crippen LogP contribution in [0.1, 0.15) is 19.3 Å². The van der Waals surface area contributed by atoms with E-state index in [-0.39, 0.29) is 0 Å². The van der Waals surface area contributed by atoms with Crippen LogP contribution in [0, 0.1) is 12.5 Å². The lowest BCUT2D eigenvalue weighted by Crippen LogP contribution is -3.09. The maximum Gasteiger partial charge on any atom is 0.0610 e. The quantitative estimate of drug-likeness (QED) is 0.481. The molecule has 0 bridgehead atoms. The van der Waals surface area contributed by atoms with Gasteiger partial charge in [-0.05, 0) is 19.3 Å². The number of quaternary nitrogens is 1. The van der Waals surface area contributed by atoms with Crippen molar-refractivity contribution in [2.45, 2.75) is 19.3 Å². The number of ether oxygens (including phenoxy) is 1. The Balaban J connectivity index is 2.00. The Labute approximate surface area is 68.5 Å². The van der Waals surface area contributed by atoms with Gasteiger partial charge in [0.25, 0.3) is 0 Å². The molecule has 2 aliphatic rings. The maximum atomic E-state index is 5.44. The molecule has 0 aromatic rings. The van der Waals surface area contributed by atoms with Gasteiger partial charge in [0, 0.05) is 12.0 Å². The molecule has 0 radical (unpaired) electrons. The number of hydrogen-bond donors (Lipinski definition) is 1. The summed E-state index contributed by atoms with van der Waals surface area (Å²) < 4.78 is 5.44. The van der Waals surface area contributed by atoms with Crippen LogP contribution in [-0.4, -0.2) is 26.3 Å². The topological polar surface area (TPSA) is 13.7 Å². The largest absolute Gasteiger partial charge is 0.467 e. The van der Waals surface area contributed by atoms with E-state index in [4.69, 9.17) is 4.74 Å². The zero-order valence-corrected chi connectivity index (χ0v) is 7.07. The normalized spacial score (nSPS) is 45.0. The standard InChI is InChI=1S/C9H17NO/c1-10-5-2-3-9(7-10)4-6-11-8-9/h10H,1-8H2. The molecule has 1 N–H and O–H groups in total. The summed E-state index contributed by atoms with van der Waals surface area (Å²) in [6, 6.07) is 0. The van der Waals surface area contributed by atoms with Gasteiger partial charge in [0.2, 0.25) is 0 Å². The highest BCUT2D eigenvalue weighted by atomic mass is 16.5. The Hall–Kier alpha value is -0.0800. The fourth-order valence-electron chi connectivity index (χ4n) is 2.41. The Morgan fingerprint density at radius 1 is 1.36 bits per heavy atom. The van der Waals surface area contributed by atoms with Crippen LogP contribution < -0.4 is 4.90 Å². The van der Waals surface area contributed by atoms with Crippen LogP contribution in [0.2, 0.25) is 0 Å². The van der Waals surface area contributed by atoms with E-state index in [0.717, 1.165) is 13.2 Å². The maximum absolute atomic E-state index is 5.44. The third kappa shape index (κ3) is 1.42. The Morgan fingerprint density at radius 2 is 2.27 bits per heavy atom. The molecule has 2 heteroatoms. The van der Waals surface area contributed by atoms with Gasteiger partial charge in [-0.2, -0.15) is 7.05 Å². The van der Waals surface area contributed by atoms with Gasteiger partial charge in [-0.1, -0.05) is 0 Å². The molecule has 0 aromatic carbocycles. The van der Waals surface area contributed by atoms with E-state index in [1.54, 1.807) is 0 Å². The summed E-state index contributed by atoms with van der Waals surface area (Å²) in [6.45, 7) is 4.45. The minimum atomic E-state index is 0.523. The molecule has 1 spiro atoms. The molecule has 0 aromatic heterocycles. The van der Waals surface area contributed by atoms with E-state index in [0.29, 0.717) is 5.41 Å². The zero-order chi connectivity index (χ0) is 7.73.